The molecule has 1 amide bonds. The fraction of sp³-hybridized carbons (Fsp3) is 0.923. The van der Waals surface area contributed by atoms with Crippen molar-refractivity contribution in [2.24, 2.45) is 5.92 Å². The van der Waals surface area contributed by atoms with Crippen molar-refractivity contribution in [3.8, 4) is 0 Å². The number of nitrogens with zero attached hydrogens (tertiary/aromatic N) is 1. The van der Waals surface area contributed by atoms with Gasteiger partial charge < -0.3 is 14.4 Å². The van der Waals surface area contributed by atoms with E-state index in [0.29, 0.717) is 12.5 Å². The maximum absolute atomic E-state index is 11.9. The topological polar surface area (TPSA) is 38.8 Å². The van der Waals surface area contributed by atoms with Crippen LogP contribution >= 0.6 is 0 Å². The van der Waals surface area contributed by atoms with Crippen molar-refractivity contribution in [1.29, 1.82) is 0 Å². The van der Waals surface area contributed by atoms with Crippen LogP contribution in [0.1, 0.15) is 33.6 Å². The third kappa shape index (κ3) is 4.28. The average Bonchev–Trinajstić information content (AvgIpc) is 2.35. The predicted molar refractivity (Wildman–Crippen MR) is 66.9 cm³/mol. The van der Waals surface area contributed by atoms with Crippen molar-refractivity contribution in [2.45, 2.75) is 45.8 Å². The van der Waals surface area contributed by atoms with Gasteiger partial charge in [-0.05, 0) is 25.7 Å². The number of rotatable bonds is 5. The molecule has 0 aromatic carbocycles. The van der Waals surface area contributed by atoms with Crippen LogP contribution in [-0.2, 0) is 14.3 Å². The first-order chi connectivity index (χ1) is 8.08. The minimum absolute atomic E-state index is 0.0826. The number of likely N-dealkylation sites (tertiary alicyclic amines) is 1. The van der Waals surface area contributed by atoms with Gasteiger partial charge in [0, 0.05) is 20.2 Å². The summed E-state index contributed by atoms with van der Waals surface area (Å²) >= 11 is 0. The van der Waals surface area contributed by atoms with Gasteiger partial charge in [0.2, 0.25) is 5.91 Å². The quantitative estimate of drug-likeness (QED) is 0.737. The van der Waals surface area contributed by atoms with Gasteiger partial charge in [0.1, 0.15) is 6.61 Å². The highest BCUT2D eigenvalue weighted by Crippen LogP contribution is 2.19. The van der Waals surface area contributed by atoms with E-state index in [9.17, 15) is 4.79 Å². The number of piperidine rings is 1. The minimum atomic E-state index is 0.0826. The predicted octanol–water partition coefficient (Wildman–Crippen LogP) is 1.68. The van der Waals surface area contributed by atoms with E-state index >= 15 is 0 Å². The molecule has 100 valence electrons. The van der Waals surface area contributed by atoms with Gasteiger partial charge in [0.05, 0.1) is 12.2 Å². The molecule has 0 N–H and O–H groups in total. The van der Waals surface area contributed by atoms with Crippen LogP contribution in [-0.4, -0.2) is 49.8 Å². The second-order valence-corrected chi connectivity index (χ2v) is 4.91. The summed E-state index contributed by atoms with van der Waals surface area (Å²) in [4.78, 5) is 13.8. The lowest BCUT2D eigenvalue weighted by Gasteiger charge is -2.36. The Morgan fingerprint density at radius 1 is 1.53 bits per heavy atom. The zero-order valence-electron chi connectivity index (χ0n) is 11.4. The van der Waals surface area contributed by atoms with Gasteiger partial charge in [-0.15, -0.1) is 0 Å². The van der Waals surface area contributed by atoms with Crippen molar-refractivity contribution in [3.63, 3.8) is 0 Å². The van der Waals surface area contributed by atoms with Crippen LogP contribution in [0.15, 0.2) is 0 Å². The highest BCUT2D eigenvalue weighted by molar-refractivity contribution is 5.77. The van der Waals surface area contributed by atoms with Gasteiger partial charge in [0.25, 0.3) is 0 Å². The van der Waals surface area contributed by atoms with E-state index in [1.807, 2.05) is 11.8 Å². The molecule has 0 radical (unpaired) electrons. The van der Waals surface area contributed by atoms with Crippen molar-refractivity contribution < 1.29 is 14.3 Å². The molecule has 1 rings (SSSR count). The van der Waals surface area contributed by atoms with Crippen LogP contribution in [0.5, 0.6) is 0 Å². The molecule has 4 heteroatoms. The second kappa shape index (κ2) is 6.97. The molecule has 0 spiro atoms. The Balaban J connectivity index is 2.37. The van der Waals surface area contributed by atoms with Crippen molar-refractivity contribution in [1.82, 2.24) is 4.90 Å². The van der Waals surface area contributed by atoms with Crippen LogP contribution in [0.3, 0.4) is 0 Å². The van der Waals surface area contributed by atoms with E-state index in [1.54, 1.807) is 7.11 Å². The lowest BCUT2D eigenvalue weighted by Crippen LogP contribution is -2.48. The Bertz CT molecular complexity index is 245. The van der Waals surface area contributed by atoms with Crippen molar-refractivity contribution >= 4 is 5.91 Å². The Labute approximate surface area is 104 Å². The Kier molecular flexibility index (Phi) is 5.92. The largest absolute Gasteiger partial charge is 0.379 e. The molecule has 0 aromatic heterocycles. The Hall–Kier alpha value is -0.610. The van der Waals surface area contributed by atoms with E-state index in [-0.39, 0.29) is 24.7 Å². The highest BCUT2D eigenvalue weighted by Gasteiger charge is 2.28. The number of hydrogen-bond donors (Lipinski definition) is 0. The van der Waals surface area contributed by atoms with Gasteiger partial charge in [-0.25, -0.2) is 0 Å². The summed E-state index contributed by atoms with van der Waals surface area (Å²) < 4.78 is 10.9. The van der Waals surface area contributed by atoms with Crippen molar-refractivity contribution in [2.75, 3.05) is 26.8 Å². The first kappa shape index (κ1) is 14.5. The second-order valence-electron chi connectivity index (χ2n) is 4.91. The first-order valence-electron chi connectivity index (χ1n) is 6.50. The monoisotopic (exact) mass is 243 g/mol. The zero-order valence-corrected chi connectivity index (χ0v) is 11.4. The number of carbonyl (C=O) groups is 1. The van der Waals surface area contributed by atoms with Crippen LogP contribution in [0.4, 0.5) is 0 Å². The van der Waals surface area contributed by atoms with Crippen LogP contribution in [0.25, 0.3) is 0 Å². The van der Waals surface area contributed by atoms with Gasteiger partial charge >= 0.3 is 0 Å². The van der Waals surface area contributed by atoms with E-state index in [2.05, 4.69) is 13.8 Å². The fourth-order valence-electron chi connectivity index (χ4n) is 1.99. The molecule has 0 saturated carbocycles. The Morgan fingerprint density at radius 3 is 2.82 bits per heavy atom. The van der Waals surface area contributed by atoms with Crippen LogP contribution in [0, 0.1) is 5.92 Å². The summed E-state index contributed by atoms with van der Waals surface area (Å²) in [5.41, 5.74) is 0. The summed E-state index contributed by atoms with van der Waals surface area (Å²) in [6, 6.07) is 0. The zero-order chi connectivity index (χ0) is 12.8. The van der Waals surface area contributed by atoms with Crippen LogP contribution < -0.4 is 0 Å². The lowest BCUT2D eigenvalue weighted by molar-refractivity contribution is -0.142. The molecule has 1 fully saturated rings. The van der Waals surface area contributed by atoms with E-state index in [0.717, 1.165) is 19.4 Å². The summed E-state index contributed by atoms with van der Waals surface area (Å²) in [7, 11) is 1.71. The van der Waals surface area contributed by atoms with E-state index < -0.39 is 0 Å². The van der Waals surface area contributed by atoms with Gasteiger partial charge in [0.15, 0.2) is 0 Å². The SMILES string of the molecule is CC[C@H](C)OCC(=O)N1CC[C@H](C)[C@H](OC)C1. The molecule has 1 saturated heterocycles. The summed E-state index contributed by atoms with van der Waals surface area (Å²) in [5.74, 6) is 0.610. The fourth-order valence-corrected chi connectivity index (χ4v) is 1.99. The standard InChI is InChI=1S/C13H25NO3/c1-5-11(3)17-9-13(15)14-7-6-10(2)12(8-14)16-4/h10-12H,5-9H2,1-4H3/t10-,11-,12+/m0/s1. The van der Waals surface area contributed by atoms with Gasteiger partial charge in [-0.2, -0.15) is 0 Å². The number of methoxy groups -OCH3 is 1. The first-order valence-corrected chi connectivity index (χ1v) is 6.50. The van der Waals surface area contributed by atoms with E-state index in [4.69, 9.17) is 9.47 Å². The molecule has 1 aliphatic rings. The highest BCUT2D eigenvalue weighted by atomic mass is 16.5. The average molecular weight is 243 g/mol. The molecule has 0 aromatic rings. The molecule has 0 bridgehead atoms. The normalized spacial score (nSPS) is 26.9. The lowest BCUT2D eigenvalue weighted by atomic mass is 9.96. The molecular weight excluding hydrogens is 218 g/mol. The maximum atomic E-state index is 11.9. The molecule has 1 aliphatic heterocycles. The maximum Gasteiger partial charge on any atom is 0.248 e. The molecule has 3 atom stereocenters. The summed E-state index contributed by atoms with van der Waals surface area (Å²) in [6.07, 6.45) is 2.26. The molecular formula is C13H25NO3. The number of hydrogen-bond acceptors (Lipinski definition) is 3. The number of amides is 1. The van der Waals surface area contributed by atoms with Gasteiger partial charge in [-0.1, -0.05) is 13.8 Å². The smallest absolute Gasteiger partial charge is 0.248 e. The van der Waals surface area contributed by atoms with Crippen LogP contribution in [0.2, 0.25) is 0 Å². The summed E-state index contributed by atoms with van der Waals surface area (Å²) in [6.45, 7) is 7.93. The third-order valence-corrected chi connectivity index (χ3v) is 3.61. The molecule has 0 unspecified atom stereocenters. The Morgan fingerprint density at radius 2 is 2.24 bits per heavy atom. The third-order valence-electron chi connectivity index (χ3n) is 3.61. The molecule has 1 heterocycles. The molecule has 0 aliphatic carbocycles. The van der Waals surface area contributed by atoms with Crippen molar-refractivity contribution in [3.05, 3.63) is 0 Å². The molecule has 4 nitrogen and oxygen atoms in total. The summed E-state index contributed by atoms with van der Waals surface area (Å²) in [5, 5.41) is 0. The number of carbonyl (C=O) groups excluding carboxylic acids is 1. The van der Waals surface area contributed by atoms with Gasteiger partial charge in [-0.3, -0.25) is 4.79 Å². The minimum Gasteiger partial charge on any atom is -0.379 e. The molecule has 17 heavy (non-hydrogen) atoms. The van der Waals surface area contributed by atoms with E-state index in [1.165, 1.54) is 0 Å². The number of ether oxygens (including phenoxy) is 2.